The van der Waals surface area contributed by atoms with Crippen LogP contribution in [0.25, 0.3) is 0 Å². The van der Waals surface area contributed by atoms with Crippen LogP contribution in [0.3, 0.4) is 0 Å². The van der Waals surface area contributed by atoms with Gasteiger partial charge in [-0.1, -0.05) is 0 Å². The lowest BCUT2D eigenvalue weighted by Gasteiger charge is -2.29. The average Bonchev–Trinajstić information content (AvgIpc) is 1.97. The summed E-state index contributed by atoms with van der Waals surface area (Å²) in [5.74, 6) is -5.37. The van der Waals surface area contributed by atoms with Crippen LogP contribution in [0.5, 0.6) is 0 Å². The van der Waals surface area contributed by atoms with Crippen LogP contribution in [-0.2, 0) is 9.53 Å². The Hall–Kier alpha value is -1.24. The molecule has 0 unspecified atom stereocenters. The summed E-state index contributed by atoms with van der Waals surface area (Å²) >= 11 is 0. The fraction of sp³-hybridized carbons (Fsp3) is 0.600. The van der Waals surface area contributed by atoms with Gasteiger partial charge in [-0.15, -0.1) is 0 Å². The number of halogens is 2. The van der Waals surface area contributed by atoms with E-state index in [4.69, 9.17) is 0 Å². The van der Waals surface area contributed by atoms with Crippen LogP contribution in [0.15, 0.2) is 0 Å². The van der Waals surface area contributed by atoms with Crippen LogP contribution >= 0.6 is 0 Å². The van der Waals surface area contributed by atoms with Gasteiger partial charge in [0.2, 0.25) is 6.23 Å². The van der Waals surface area contributed by atoms with E-state index in [0.29, 0.717) is 0 Å². The van der Waals surface area contributed by atoms with Crippen molar-refractivity contribution < 1.29 is 23.1 Å². The van der Waals surface area contributed by atoms with Gasteiger partial charge in [-0.2, -0.15) is 8.78 Å². The highest BCUT2D eigenvalue weighted by Crippen LogP contribution is 2.21. The quantitative estimate of drug-likeness (QED) is 0.568. The zero-order chi connectivity index (χ0) is 9.35. The van der Waals surface area contributed by atoms with Gasteiger partial charge in [-0.25, -0.2) is 4.79 Å². The molecule has 12 heavy (non-hydrogen) atoms. The summed E-state index contributed by atoms with van der Waals surface area (Å²) in [5.41, 5.74) is 0. The maximum Gasteiger partial charge on any atom is 0.368 e. The standard InChI is InChI=1S/C5H6F2N2O3/c1-12-3-5(6,7)2(10)8-4(11)9-3/h3H,1H3,(H2,8,9,10,11)/t3-/m0/s1. The molecule has 1 rings (SSSR count). The van der Waals surface area contributed by atoms with Crippen LogP contribution in [0.4, 0.5) is 13.6 Å². The normalized spacial score (nSPS) is 27.8. The van der Waals surface area contributed by atoms with E-state index in [1.807, 2.05) is 0 Å². The minimum Gasteiger partial charge on any atom is -0.355 e. The molecule has 5 nitrogen and oxygen atoms in total. The summed E-state index contributed by atoms with van der Waals surface area (Å²) in [4.78, 5) is 21.0. The molecule has 0 bridgehead atoms. The molecule has 1 atom stereocenters. The topological polar surface area (TPSA) is 67.4 Å². The van der Waals surface area contributed by atoms with Crippen molar-refractivity contribution in [2.75, 3.05) is 7.11 Å². The zero-order valence-corrected chi connectivity index (χ0v) is 6.06. The highest BCUT2D eigenvalue weighted by Gasteiger charge is 2.52. The molecule has 1 saturated heterocycles. The molecule has 3 amide bonds. The largest absolute Gasteiger partial charge is 0.368 e. The number of hydrogen-bond acceptors (Lipinski definition) is 3. The van der Waals surface area contributed by atoms with E-state index >= 15 is 0 Å². The summed E-state index contributed by atoms with van der Waals surface area (Å²) in [6.07, 6.45) is -1.89. The molecular weight excluding hydrogens is 174 g/mol. The van der Waals surface area contributed by atoms with Crippen LogP contribution in [0, 0.1) is 0 Å². The Bertz CT molecular complexity index is 231. The van der Waals surface area contributed by atoms with Crippen molar-refractivity contribution >= 4 is 11.9 Å². The van der Waals surface area contributed by atoms with Crippen molar-refractivity contribution in [3.63, 3.8) is 0 Å². The maximum absolute atomic E-state index is 12.7. The van der Waals surface area contributed by atoms with Gasteiger partial charge in [0.05, 0.1) is 0 Å². The van der Waals surface area contributed by atoms with Gasteiger partial charge in [0, 0.05) is 7.11 Å². The van der Waals surface area contributed by atoms with Gasteiger partial charge < -0.3 is 10.1 Å². The number of methoxy groups -OCH3 is 1. The summed E-state index contributed by atoms with van der Waals surface area (Å²) in [6, 6.07) is -0.988. The SMILES string of the molecule is CO[C@@H]1NC(=O)NC(=O)C1(F)F. The highest BCUT2D eigenvalue weighted by molar-refractivity contribution is 6.01. The third-order valence-corrected chi connectivity index (χ3v) is 1.36. The van der Waals surface area contributed by atoms with Crippen LogP contribution in [-0.4, -0.2) is 31.2 Å². The third kappa shape index (κ3) is 1.22. The second-order valence-electron chi connectivity index (χ2n) is 2.17. The summed E-state index contributed by atoms with van der Waals surface area (Å²) in [6.45, 7) is 0. The van der Waals surface area contributed by atoms with E-state index in [9.17, 15) is 18.4 Å². The zero-order valence-electron chi connectivity index (χ0n) is 6.06. The lowest BCUT2D eigenvalue weighted by molar-refractivity contribution is -0.173. The van der Waals surface area contributed by atoms with E-state index in [0.717, 1.165) is 7.11 Å². The molecule has 0 aromatic carbocycles. The second-order valence-corrected chi connectivity index (χ2v) is 2.17. The maximum atomic E-state index is 12.7. The Morgan fingerprint density at radius 2 is 2.08 bits per heavy atom. The lowest BCUT2D eigenvalue weighted by atomic mass is 10.2. The molecule has 1 fully saturated rings. The highest BCUT2D eigenvalue weighted by atomic mass is 19.3. The predicted octanol–water partition coefficient (Wildman–Crippen LogP) is -0.566. The number of urea groups is 1. The first-order valence-corrected chi connectivity index (χ1v) is 3.01. The second kappa shape index (κ2) is 2.67. The third-order valence-electron chi connectivity index (χ3n) is 1.36. The number of carbonyl (C=O) groups is 2. The van der Waals surface area contributed by atoms with Gasteiger partial charge >= 0.3 is 17.9 Å². The molecule has 1 aliphatic heterocycles. The minimum absolute atomic E-state index is 0.970. The molecule has 2 N–H and O–H groups in total. The molecule has 1 heterocycles. The van der Waals surface area contributed by atoms with E-state index in [-0.39, 0.29) is 0 Å². The Kier molecular flexibility index (Phi) is 1.97. The van der Waals surface area contributed by atoms with Crippen molar-refractivity contribution in [3.05, 3.63) is 0 Å². The molecule has 0 aliphatic carbocycles. The summed E-state index contributed by atoms with van der Waals surface area (Å²) in [5, 5.41) is 3.16. The van der Waals surface area contributed by atoms with Gasteiger partial charge in [-0.05, 0) is 0 Å². The molecule has 0 aromatic rings. The molecule has 0 aromatic heterocycles. The number of rotatable bonds is 1. The number of imide groups is 1. The molecular formula is C5H6F2N2O3. The molecule has 68 valence electrons. The number of alkyl halides is 2. The first-order valence-electron chi connectivity index (χ1n) is 3.01. The minimum atomic E-state index is -3.72. The number of amides is 3. The van der Waals surface area contributed by atoms with E-state index in [1.165, 1.54) is 5.32 Å². The Balaban J connectivity index is 2.85. The van der Waals surface area contributed by atoms with Gasteiger partial charge in [0.25, 0.3) is 0 Å². The molecule has 7 heteroatoms. The summed E-state index contributed by atoms with van der Waals surface area (Å²) < 4.78 is 29.6. The number of carbonyl (C=O) groups excluding carboxylic acids is 2. The first kappa shape index (κ1) is 8.85. The predicted molar refractivity (Wildman–Crippen MR) is 32.4 cm³/mol. The fourth-order valence-electron chi connectivity index (χ4n) is 0.758. The van der Waals surface area contributed by atoms with Gasteiger partial charge in [-0.3, -0.25) is 10.1 Å². The monoisotopic (exact) mass is 180 g/mol. The van der Waals surface area contributed by atoms with E-state index < -0.39 is 24.1 Å². The molecule has 0 radical (unpaired) electrons. The fourth-order valence-corrected chi connectivity index (χ4v) is 0.758. The van der Waals surface area contributed by atoms with Crippen LogP contribution in [0.2, 0.25) is 0 Å². The average molecular weight is 180 g/mol. The molecule has 0 spiro atoms. The van der Waals surface area contributed by atoms with Crippen LogP contribution < -0.4 is 10.6 Å². The Morgan fingerprint density at radius 3 is 2.58 bits per heavy atom. The number of hydrogen-bond donors (Lipinski definition) is 2. The Morgan fingerprint density at radius 1 is 1.50 bits per heavy atom. The van der Waals surface area contributed by atoms with Crippen molar-refractivity contribution in [1.82, 2.24) is 10.6 Å². The van der Waals surface area contributed by atoms with Gasteiger partial charge in [0.1, 0.15) is 0 Å². The first-order chi connectivity index (χ1) is 5.48. The smallest absolute Gasteiger partial charge is 0.355 e. The van der Waals surface area contributed by atoms with Crippen LogP contribution in [0.1, 0.15) is 0 Å². The Labute approximate surface area is 66.1 Å². The van der Waals surface area contributed by atoms with Crippen molar-refractivity contribution in [2.24, 2.45) is 0 Å². The van der Waals surface area contributed by atoms with E-state index in [2.05, 4.69) is 4.74 Å². The van der Waals surface area contributed by atoms with E-state index in [1.54, 1.807) is 5.32 Å². The van der Waals surface area contributed by atoms with Crippen molar-refractivity contribution in [3.8, 4) is 0 Å². The molecule has 1 aliphatic rings. The molecule has 0 saturated carbocycles. The van der Waals surface area contributed by atoms with Crippen molar-refractivity contribution in [2.45, 2.75) is 12.2 Å². The number of ether oxygens (including phenoxy) is 1. The lowest BCUT2D eigenvalue weighted by Crippen LogP contribution is -2.65. The van der Waals surface area contributed by atoms with Crippen molar-refractivity contribution in [1.29, 1.82) is 0 Å². The summed E-state index contributed by atoms with van der Waals surface area (Å²) in [7, 11) is 0.970. The number of nitrogens with one attached hydrogen (secondary N) is 2. The van der Waals surface area contributed by atoms with Gasteiger partial charge in [0.15, 0.2) is 0 Å².